The highest BCUT2D eigenvalue weighted by molar-refractivity contribution is 7.99. The second kappa shape index (κ2) is 7.02. The number of carbonyl (C=O) groups is 1. The van der Waals surface area contributed by atoms with E-state index < -0.39 is 0 Å². The minimum absolute atomic E-state index is 0.0881. The molecule has 2 aromatic heterocycles. The van der Waals surface area contributed by atoms with Gasteiger partial charge in [0.25, 0.3) is 5.91 Å². The van der Waals surface area contributed by atoms with E-state index in [2.05, 4.69) is 27.0 Å². The first-order valence-corrected chi connectivity index (χ1v) is 11.1. The Labute approximate surface area is 163 Å². The molecule has 6 rings (SSSR count). The van der Waals surface area contributed by atoms with Crippen LogP contribution < -0.4 is 10.2 Å². The molecule has 4 fully saturated rings. The molecule has 7 heteroatoms. The molecule has 0 aliphatic carbocycles. The Morgan fingerprint density at radius 2 is 2.00 bits per heavy atom. The molecular formula is C20H26N4O2S. The average molecular weight is 387 g/mol. The SMILES string of the molecule is C[C@H]1[C@H](NC(=O)c2cc3oc(N4CCSCC4)cc3cn2)C2CCN1CC2. The van der Waals surface area contributed by atoms with E-state index in [1.165, 1.54) is 12.8 Å². The molecule has 0 saturated carbocycles. The number of nitrogens with zero attached hydrogens (tertiary/aromatic N) is 3. The predicted octanol–water partition coefficient (Wildman–Crippen LogP) is 2.59. The van der Waals surface area contributed by atoms with Crippen LogP contribution in [0.1, 0.15) is 30.3 Å². The Morgan fingerprint density at radius 1 is 1.22 bits per heavy atom. The van der Waals surface area contributed by atoms with Gasteiger partial charge in [0.1, 0.15) is 11.3 Å². The van der Waals surface area contributed by atoms with E-state index in [1.807, 2.05) is 17.8 Å². The number of hydrogen-bond donors (Lipinski definition) is 1. The predicted molar refractivity (Wildman–Crippen MR) is 109 cm³/mol. The molecule has 27 heavy (non-hydrogen) atoms. The van der Waals surface area contributed by atoms with Crippen LogP contribution in [0.2, 0.25) is 0 Å². The molecule has 2 bridgehead atoms. The van der Waals surface area contributed by atoms with Gasteiger partial charge >= 0.3 is 0 Å². The summed E-state index contributed by atoms with van der Waals surface area (Å²) in [6.45, 7) is 6.55. The third kappa shape index (κ3) is 3.21. The van der Waals surface area contributed by atoms with Crippen LogP contribution in [0.15, 0.2) is 22.7 Å². The lowest BCUT2D eigenvalue weighted by Crippen LogP contribution is -2.62. The second-order valence-corrected chi connectivity index (χ2v) is 9.13. The summed E-state index contributed by atoms with van der Waals surface area (Å²) in [7, 11) is 0. The van der Waals surface area contributed by atoms with Gasteiger partial charge in [-0.15, -0.1) is 0 Å². The van der Waals surface area contributed by atoms with E-state index in [4.69, 9.17) is 4.42 Å². The molecule has 0 radical (unpaired) electrons. The normalized spacial score (nSPS) is 30.6. The van der Waals surface area contributed by atoms with Crippen molar-refractivity contribution in [2.45, 2.75) is 31.8 Å². The van der Waals surface area contributed by atoms with E-state index in [-0.39, 0.29) is 11.9 Å². The van der Waals surface area contributed by atoms with Gasteiger partial charge in [-0.25, -0.2) is 0 Å². The molecule has 1 amide bonds. The van der Waals surface area contributed by atoms with E-state index in [9.17, 15) is 4.79 Å². The van der Waals surface area contributed by atoms with Crippen LogP contribution in [0.5, 0.6) is 0 Å². The lowest BCUT2D eigenvalue weighted by atomic mass is 9.79. The van der Waals surface area contributed by atoms with Gasteiger partial charge in [0.2, 0.25) is 0 Å². The first-order valence-electron chi connectivity index (χ1n) is 9.96. The van der Waals surface area contributed by atoms with Crippen molar-refractivity contribution >= 4 is 34.5 Å². The average Bonchev–Trinajstić information content (AvgIpc) is 3.15. The summed E-state index contributed by atoms with van der Waals surface area (Å²) in [5, 5.41) is 4.21. The summed E-state index contributed by atoms with van der Waals surface area (Å²) in [6, 6.07) is 4.45. The van der Waals surface area contributed by atoms with E-state index in [1.54, 1.807) is 12.3 Å². The third-order valence-electron chi connectivity index (χ3n) is 6.42. The monoisotopic (exact) mass is 386 g/mol. The summed E-state index contributed by atoms with van der Waals surface area (Å²) in [4.78, 5) is 22.0. The molecule has 4 aliphatic rings. The fourth-order valence-electron chi connectivity index (χ4n) is 4.75. The number of carbonyl (C=O) groups excluding carboxylic acids is 1. The lowest BCUT2D eigenvalue weighted by molar-refractivity contribution is 0.0216. The second-order valence-electron chi connectivity index (χ2n) is 7.90. The number of furan rings is 1. The molecule has 4 aliphatic heterocycles. The molecule has 4 saturated heterocycles. The molecule has 144 valence electrons. The smallest absolute Gasteiger partial charge is 0.270 e. The van der Waals surface area contributed by atoms with E-state index in [0.29, 0.717) is 17.7 Å². The number of aromatic nitrogens is 1. The number of amides is 1. The van der Waals surface area contributed by atoms with E-state index in [0.717, 1.165) is 54.5 Å². The minimum atomic E-state index is -0.0881. The van der Waals surface area contributed by atoms with Crippen molar-refractivity contribution < 1.29 is 9.21 Å². The number of anilines is 1. The van der Waals surface area contributed by atoms with Crippen molar-refractivity contribution in [3.63, 3.8) is 0 Å². The summed E-state index contributed by atoms with van der Waals surface area (Å²) in [5.74, 6) is 3.64. The highest BCUT2D eigenvalue weighted by atomic mass is 32.2. The zero-order chi connectivity index (χ0) is 18.4. The summed E-state index contributed by atoms with van der Waals surface area (Å²) in [5.41, 5.74) is 1.19. The zero-order valence-corrected chi connectivity index (χ0v) is 16.5. The molecule has 6 nitrogen and oxygen atoms in total. The topological polar surface area (TPSA) is 61.6 Å². The van der Waals surface area contributed by atoms with Crippen molar-refractivity contribution in [2.75, 3.05) is 42.6 Å². The van der Waals surface area contributed by atoms with Crippen molar-refractivity contribution in [2.24, 2.45) is 5.92 Å². The van der Waals surface area contributed by atoms with Gasteiger partial charge in [-0.05, 0) is 38.8 Å². The first kappa shape index (κ1) is 17.4. The molecule has 2 aromatic rings. The number of hydrogen-bond acceptors (Lipinski definition) is 6. The largest absolute Gasteiger partial charge is 0.440 e. The van der Waals surface area contributed by atoms with Gasteiger partial charge in [-0.3, -0.25) is 14.7 Å². The Morgan fingerprint density at radius 3 is 2.74 bits per heavy atom. The standard InChI is InChI=1S/C20H26N4O2S/c1-13-19(14-2-4-23(13)5-3-14)22-20(25)16-11-17-15(12-21-16)10-18(26-17)24-6-8-27-9-7-24/h10-14,19H,2-9H2,1H3,(H,22,25)/t13-,19-/m0/s1. The van der Waals surface area contributed by atoms with Gasteiger partial charge in [-0.2, -0.15) is 11.8 Å². The lowest BCUT2D eigenvalue weighted by Gasteiger charge is -2.49. The zero-order valence-electron chi connectivity index (χ0n) is 15.7. The highest BCUT2D eigenvalue weighted by Crippen LogP contribution is 2.32. The van der Waals surface area contributed by atoms with Crippen LogP contribution in [0, 0.1) is 5.92 Å². The van der Waals surface area contributed by atoms with Gasteiger partial charge in [-0.1, -0.05) is 0 Å². The molecular weight excluding hydrogens is 360 g/mol. The number of nitrogens with one attached hydrogen (secondary N) is 1. The maximum Gasteiger partial charge on any atom is 0.270 e. The van der Waals surface area contributed by atoms with Crippen molar-refractivity contribution in [3.8, 4) is 0 Å². The summed E-state index contributed by atoms with van der Waals surface area (Å²) < 4.78 is 6.05. The number of piperidine rings is 3. The molecule has 2 atom stereocenters. The van der Waals surface area contributed by atoms with Crippen molar-refractivity contribution in [1.82, 2.24) is 15.2 Å². The summed E-state index contributed by atoms with van der Waals surface area (Å²) in [6.07, 6.45) is 4.12. The number of fused-ring (bicyclic) bond motifs is 4. The molecule has 0 spiro atoms. The van der Waals surface area contributed by atoms with Crippen LogP contribution in [0.3, 0.4) is 0 Å². The minimum Gasteiger partial charge on any atom is -0.440 e. The Bertz CT molecular complexity index is 838. The molecule has 1 N–H and O–H groups in total. The van der Waals surface area contributed by atoms with Crippen LogP contribution in [0.25, 0.3) is 11.0 Å². The van der Waals surface area contributed by atoms with Gasteiger partial charge < -0.3 is 14.6 Å². The van der Waals surface area contributed by atoms with Crippen LogP contribution in [0.4, 0.5) is 5.88 Å². The fourth-order valence-corrected chi connectivity index (χ4v) is 5.66. The Balaban J connectivity index is 1.34. The Hall–Kier alpha value is -1.73. The quantitative estimate of drug-likeness (QED) is 0.875. The maximum atomic E-state index is 12.8. The Kier molecular flexibility index (Phi) is 4.52. The van der Waals surface area contributed by atoms with Crippen molar-refractivity contribution in [1.29, 1.82) is 0 Å². The number of thioether (sulfide) groups is 1. The van der Waals surface area contributed by atoms with Gasteiger partial charge in [0.15, 0.2) is 5.88 Å². The third-order valence-corrected chi connectivity index (χ3v) is 7.36. The molecule has 0 aromatic carbocycles. The fraction of sp³-hybridized carbons (Fsp3) is 0.600. The molecule has 6 heterocycles. The van der Waals surface area contributed by atoms with Gasteiger partial charge in [0, 0.05) is 60.4 Å². The van der Waals surface area contributed by atoms with Crippen LogP contribution in [-0.4, -0.2) is 65.6 Å². The first-order chi connectivity index (χ1) is 13.2. The summed E-state index contributed by atoms with van der Waals surface area (Å²) >= 11 is 1.98. The van der Waals surface area contributed by atoms with Gasteiger partial charge in [0.05, 0.1) is 0 Å². The van der Waals surface area contributed by atoms with Crippen LogP contribution in [-0.2, 0) is 0 Å². The highest BCUT2D eigenvalue weighted by Gasteiger charge is 2.40. The number of pyridine rings is 1. The van der Waals surface area contributed by atoms with E-state index >= 15 is 0 Å². The molecule has 0 unspecified atom stereocenters. The van der Waals surface area contributed by atoms with Crippen molar-refractivity contribution in [3.05, 3.63) is 24.0 Å². The van der Waals surface area contributed by atoms with Crippen LogP contribution >= 0.6 is 11.8 Å². The number of rotatable bonds is 3. The maximum absolute atomic E-state index is 12.8.